The van der Waals surface area contributed by atoms with Crippen LogP contribution in [-0.4, -0.2) is 68.7 Å². The number of nitrogens with zero attached hydrogens (tertiary/aromatic N) is 3. The molecule has 0 saturated carbocycles. The van der Waals surface area contributed by atoms with E-state index in [2.05, 4.69) is 65.1 Å². The second kappa shape index (κ2) is 12.1. The predicted octanol–water partition coefficient (Wildman–Crippen LogP) is 3.93. The van der Waals surface area contributed by atoms with Gasteiger partial charge in [0.25, 0.3) is 0 Å². The first-order chi connectivity index (χ1) is 13.6. The molecule has 5 nitrogen and oxygen atoms in total. The van der Waals surface area contributed by atoms with E-state index in [4.69, 9.17) is 4.74 Å². The molecule has 0 aromatic heterocycles. The summed E-state index contributed by atoms with van der Waals surface area (Å²) in [4.78, 5) is 9.56. The van der Waals surface area contributed by atoms with Crippen molar-refractivity contribution in [2.24, 2.45) is 16.8 Å². The first-order valence-electron chi connectivity index (χ1n) is 10.9. The van der Waals surface area contributed by atoms with Crippen LogP contribution >= 0.6 is 24.0 Å². The number of halogens is 1. The van der Waals surface area contributed by atoms with Crippen LogP contribution in [0.15, 0.2) is 29.3 Å². The van der Waals surface area contributed by atoms with Crippen molar-refractivity contribution in [3.63, 3.8) is 0 Å². The van der Waals surface area contributed by atoms with Crippen molar-refractivity contribution in [1.82, 2.24) is 15.1 Å². The highest BCUT2D eigenvalue weighted by Crippen LogP contribution is 2.25. The van der Waals surface area contributed by atoms with E-state index in [-0.39, 0.29) is 30.1 Å². The number of nitrogens with one attached hydrogen (secondary N) is 1. The predicted molar refractivity (Wildman–Crippen MR) is 132 cm³/mol. The van der Waals surface area contributed by atoms with Gasteiger partial charge in [-0.05, 0) is 49.3 Å². The Kier molecular flexibility index (Phi) is 10.2. The highest BCUT2D eigenvalue weighted by Gasteiger charge is 2.26. The molecule has 2 fully saturated rings. The van der Waals surface area contributed by atoms with Crippen LogP contribution in [-0.2, 0) is 4.74 Å². The molecular formula is C23H39IN4O. The maximum absolute atomic E-state index is 6.08. The molecule has 29 heavy (non-hydrogen) atoms. The molecule has 2 atom stereocenters. The number of morpholine rings is 1. The van der Waals surface area contributed by atoms with Crippen molar-refractivity contribution in [2.45, 2.75) is 39.7 Å². The molecule has 164 valence electrons. The molecule has 6 heteroatoms. The van der Waals surface area contributed by atoms with Crippen LogP contribution in [0.4, 0.5) is 0 Å². The second-order valence-corrected chi connectivity index (χ2v) is 8.75. The molecule has 0 amide bonds. The fraction of sp³-hybridized carbons (Fsp3) is 0.696. The molecule has 0 spiro atoms. The molecule has 0 aliphatic carbocycles. The van der Waals surface area contributed by atoms with Crippen molar-refractivity contribution in [2.75, 3.05) is 52.9 Å². The monoisotopic (exact) mass is 514 g/mol. The zero-order valence-corrected chi connectivity index (χ0v) is 20.9. The van der Waals surface area contributed by atoms with Crippen LogP contribution in [0.3, 0.4) is 0 Å². The quantitative estimate of drug-likeness (QED) is 0.367. The summed E-state index contributed by atoms with van der Waals surface area (Å²) in [5, 5.41) is 3.66. The number of piperidine rings is 1. The molecule has 0 bridgehead atoms. The third kappa shape index (κ3) is 7.10. The van der Waals surface area contributed by atoms with Gasteiger partial charge in [-0.15, -0.1) is 24.0 Å². The van der Waals surface area contributed by atoms with Gasteiger partial charge in [0, 0.05) is 33.2 Å². The lowest BCUT2D eigenvalue weighted by Gasteiger charge is -2.37. The summed E-state index contributed by atoms with van der Waals surface area (Å²) in [5.74, 6) is 2.46. The Morgan fingerprint density at radius 3 is 2.76 bits per heavy atom. The summed E-state index contributed by atoms with van der Waals surface area (Å²) >= 11 is 0. The molecule has 2 heterocycles. The highest BCUT2D eigenvalue weighted by atomic mass is 127. The molecule has 3 rings (SSSR count). The van der Waals surface area contributed by atoms with E-state index in [0.717, 1.165) is 38.1 Å². The van der Waals surface area contributed by atoms with Gasteiger partial charge in [0.2, 0.25) is 0 Å². The van der Waals surface area contributed by atoms with Crippen molar-refractivity contribution < 1.29 is 4.74 Å². The molecule has 2 aliphatic heterocycles. The zero-order chi connectivity index (χ0) is 19.9. The second-order valence-electron chi connectivity index (χ2n) is 8.75. The minimum atomic E-state index is 0. The Bertz CT molecular complexity index is 652. The number of hydrogen-bond acceptors (Lipinski definition) is 3. The molecule has 1 N–H and O–H groups in total. The molecule has 0 radical (unpaired) electrons. The third-order valence-corrected chi connectivity index (χ3v) is 5.89. The summed E-state index contributed by atoms with van der Waals surface area (Å²) < 4.78 is 6.08. The lowest BCUT2D eigenvalue weighted by molar-refractivity contribution is -0.00842. The van der Waals surface area contributed by atoms with Crippen LogP contribution in [0.25, 0.3) is 0 Å². The highest BCUT2D eigenvalue weighted by molar-refractivity contribution is 14.0. The van der Waals surface area contributed by atoms with E-state index in [0.29, 0.717) is 5.92 Å². The summed E-state index contributed by atoms with van der Waals surface area (Å²) in [6.45, 7) is 14.0. The Morgan fingerprint density at radius 1 is 1.24 bits per heavy atom. The van der Waals surface area contributed by atoms with Crippen LogP contribution in [0.5, 0.6) is 0 Å². The van der Waals surface area contributed by atoms with Crippen molar-refractivity contribution in [1.29, 1.82) is 0 Å². The fourth-order valence-electron chi connectivity index (χ4n) is 4.55. The first-order valence-corrected chi connectivity index (χ1v) is 10.9. The first kappa shape index (κ1) is 24.4. The maximum atomic E-state index is 6.08. The number of aliphatic imine (C=N–C) groups is 1. The summed E-state index contributed by atoms with van der Waals surface area (Å²) in [6, 6.07) is 8.54. The van der Waals surface area contributed by atoms with Crippen LogP contribution < -0.4 is 5.32 Å². The van der Waals surface area contributed by atoms with Crippen molar-refractivity contribution in [3.8, 4) is 0 Å². The van der Waals surface area contributed by atoms with E-state index in [1.165, 1.54) is 43.6 Å². The van der Waals surface area contributed by atoms with E-state index in [1.807, 2.05) is 7.05 Å². The van der Waals surface area contributed by atoms with E-state index in [9.17, 15) is 0 Å². The summed E-state index contributed by atoms with van der Waals surface area (Å²) in [5.41, 5.74) is 2.59. The number of aryl methyl sites for hydroxylation is 1. The average molecular weight is 514 g/mol. The van der Waals surface area contributed by atoms with Crippen LogP contribution in [0.2, 0.25) is 0 Å². The number of likely N-dealkylation sites (tertiary alicyclic amines) is 1. The van der Waals surface area contributed by atoms with E-state index < -0.39 is 0 Å². The number of ether oxygens (including phenoxy) is 1. The maximum Gasteiger partial charge on any atom is 0.193 e. The average Bonchev–Trinajstić information content (AvgIpc) is 2.69. The number of guanidine groups is 1. The smallest absolute Gasteiger partial charge is 0.193 e. The van der Waals surface area contributed by atoms with Crippen molar-refractivity contribution in [3.05, 3.63) is 35.4 Å². The van der Waals surface area contributed by atoms with Crippen LogP contribution in [0.1, 0.15) is 43.9 Å². The summed E-state index contributed by atoms with van der Waals surface area (Å²) in [7, 11) is 1.90. The molecule has 2 aliphatic rings. The zero-order valence-electron chi connectivity index (χ0n) is 18.6. The van der Waals surface area contributed by atoms with Gasteiger partial charge in [-0.1, -0.05) is 38.1 Å². The molecule has 1 aromatic rings. The minimum absolute atomic E-state index is 0. The SMILES string of the molecule is CN=C(NCC1CCCN(CC(C)C)C1)N1CCOC(c2ccccc2C)C1.I. The molecule has 2 unspecified atom stereocenters. The number of hydrogen-bond donors (Lipinski definition) is 1. The van der Waals surface area contributed by atoms with Gasteiger partial charge in [0.1, 0.15) is 6.10 Å². The van der Waals surface area contributed by atoms with Gasteiger partial charge in [0.15, 0.2) is 5.96 Å². The Balaban J connectivity index is 0.00000300. The van der Waals surface area contributed by atoms with Gasteiger partial charge >= 0.3 is 0 Å². The van der Waals surface area contributed by atoms with Gasteiger partial charge < -0.3 is 19.9 Å². The van der Waals surface area contributed by atoms with E-state index in [1.54, 1.807) is 0 Å². The molecule has 1 aromatic carbocycles. The Hall–Kier alpha value is -0.860. The van der Waals surface area contributed by atoms with Crippen LogP contribution in [0, 0.1) is 18.8 Å². The van der Waals surface area contributed by atoms with Gasteiger partial charge in [-0.3, -0.25) is 4.99 Å². The number of rotatable bonds is 5. The molecule has 2 saturated heterocycles. The Labute approximate surface area is 194 Å². The lowest BCUT2D eigenvalue weighted by atomic mass is 9.97. The third-order valence-electron chi connectivity index (χ3n) is 5.89. The summed E-state index contributed by atoms with van der Waals surface area (Å²) in [6.07, 6.45) is 2.74. The largest absolute Gasteiger partial charge is 0.370 e. The topological polar surface area (TPSA) is 40.1 Å². The van der Waals surface area contributed by atoms with Gasteiger partial charge in [-0.25, -0.2) is 0 Å². The van der Waals surface area contributed by atoms with Gasteiger partial charge in [-0.2, -0.15) is 0 Å². The Morgan fingerprint density at radius 2 is 2.03 bits per heavy atom. The van der Waals surface area contributed by atoms with Gasteiger partial charge in [0.05, 0.1) is 13.2 Å². The van der Waals surface area contributed by atoms with E-state index >= 15 is 0 Å². The minimum Gasteiger partial charge on any atom is -0.370 e. The standard InChI is InChI=1S/C23H38N4O.HI/c1-18(2)15-26-11-7-9-20(16-26)14-25-23(24-4)27-12-13-28-22(17-27)21-10-6-5-8-19(21)3;/h5-6,8,10,18,20,22H,7,9,11-17H2,1-4H3,(H,24,25);1H. The van der Waals surface area contributed by atoms with Crippen molar-refractivity contribution >= 4 is 29.9 Å². The lowest BCUT2D eigenvalue weighted by Crippen LogP contribution is -2.50. The normalized spacial score (nSPS) is 23.8. The fourth-order valence-corrected chi connectivity index (χ4v) is 4.55. The number of benzene rings is 1. The molecular weight excluding hydrogens is 475 g/mol.